The molecule has 0 saturated heterocycles. The summed E-state index contributed by atoms with van der Waals surface area (Å²) < 4.78 is 5.68. The number of carbonyl (C=O) groups is 2. The Morgan fingerprint density at radius 1 is 1.24 bits per heavy atom. The average Bonchev–Trinajstić information content (AvgIpc) is 2.78. The van der Waals surface area contributed by atoms with Crippen LogP contribution in [0, 0.1) is 0 Å². The topological polar surface area (TPSA) is 46.6 Å². The van der Waals surface area contributed by atoms with Gasteiger partial charge < -0.3 is 9.64 Å². The lowest BCUT2D eigenvalue weighted by Gasteiger charge is -2.36. The molecule has 1 aliphatic carbocycles. The minimum atomic E-state index is -0.406. The van der Waals surface area contributed by atoms with Crippen molar-refractivity contribution >= 4 is 40.8 Å². The maximum atomic E-state index is 12.8. The normalized spacial score (nSPS) is 23.6. The summed E-state index contributed by atoms with van der Waals surface area (Å²) in [5.41, 5.74) is 0.799. The SMILES string of the molecule is CCC(=O)O[C@@H]1CC(Cl)CCC[C@H]1N(C(=O)CCCl)c1ccccc1. The van der Waals surface area contributed by atoms with Crippen LogP contribution < -0.4 is 4.90 Å². The van der Waals surface area contributed by atoms with Crippen LogP contribution in [0.4, 0.5) is 5.69 Å². The van der Waals surface area contributed by atoms with Crippen LogP contribution in [0.1, 0.15) is 45.4 Å². The number of rotatable bonds is 6. The molecular weight excluding hydrogens is 361 g/mol. The van der Waals surface area contributed by atoms with E-state index < -0.39 is 6.10 Å². The summed E-state index contributed by atoms with van der Waals surface area (Å²) >= 11 is 12.2. The molecule has 3 atom stereocenters. The minimum absolute atomic E-state index is 0.0552. The Morgan fingerprint density at radius 3 is 2.60 bits per heavy atom. The van der Waals surface area contributed by atoms with Crippen molar-refractivity contribution in [2.24, 2.45) is 0 Å². The molecular formula is C19H25Cl2NO3. The molecule has 138 valence electrons. The van der Waals surface area contributed by atoms with E-state index in [0.29, 0.717) is 12.8 Å². The molecule has 0 radical (unpaired) electrons. The van der Waals surface area contributed by atoms with E-state index >= 15 is 0 Å². The summed E-state index contributed by atoms with van der Waals surface area (Å²) in [5.74, 6) is -0.0674. The van der Waals surface area contributed by atoms with Crippen LogP contribution in [-0.2, 0) is 14.3 Å². The van der Waals surface area contributed by atoms with E-state index in [1.54, 1.807) is 11.8 Å². The molecule has 0 aromatic heterocycles. The van der Waals surface area contributed by atoms with Gasteiger partial charge in [-0.3, -0.25) is 9.59 Å². The molecule has 4 nitrogen and oxygen atoms in total. The lowest BCUT2D eigenvalue weighted by atomic mass is 10.0. The smallest absolute Gasteiger partial charge is 0.305 e. The lowest BCUT2D eigenvalue weighted by Crippen LogP contribution is -2.49. The number of benzene rings is 1. The first-order chi connectivity index (χ1) is 12.1. The molecule has 1 unspecified atom stereocenters. The number of para-hydroxylation sites is 1. The highest BCUT2D eigenvalue weighted by atomic mass is 35.5. The fourth-order valence-electron chi connectivity index (χ4n) is 3.25. The number of carbonyl (C=O) groups excluding carboxylic acids is 2. The summed E-state index contributed by atoms with van der Waals surface area (Å²) in [6.07, 6.45) is 3.17. The zero-order valence-electron chi connectivity index (χ0n) is 14.5. The highest BCUT2D eigenvalue weighted by Gasteiger charge is 2.37. The number of ether oxygens (including phenoxy) is 1. The van der Waals surface area contributed by atoms with Crippen molar-refractivity contribution in [3.63, 3.8) is 0 Å². The van der Waals surface area contributed by atoms with Crippen molar-refractivity contribution in [2.75, 3.05) is 10.8 Å². The number of anilines is 1. The van der Waals surface area contributed by atoms with E-state index in [0.717, 1.165) is 24.9 Å². The van der Waals surface area contributed by atoms with Gasteiger partial charge in [-0.05, 0) is 31.4 Å². The Labute approximate surface area is 159 Å². The monoisotopic (exact) mass is 385 g/mol. The van der Waals surface area contributed by atoms with E-state index in [1.165, 1.54) is 0 Å². The number of amides is 1. The zero-order valence-corrected chi connectivity index (χ0v) is 16.0. The number of nitrogens with zero attached hydrogens (tertiary/aromatic N) is 1. The Balaban J connectivity index is 2.35. The van der Waals surface area contributed by atoms with Crippen LogP contribution in [0.15, 0.2) is 30.3 Å². The molecule has 1 aliphatic rings. The van der Waals surface area contributed by atoms with E-state index in [1.807, 2.05) is 30.3 Å². The van der Waals surface area contributed by atoms with Gasteiger partial charge in [0.15, 0.2) is 0 Å². The van der Waals surface area contributed by atoms with Crippen LogP contribution >= 0.6 is 23.2 Å². The van der Waals surface area contributed by atoms with Crippen LogP contribution in [0.5, 0.6) is 0 Å². The Bertz CT molecular complexity index is 567. The van der Waals surface area contributed by atoms with Gasteiger partial charge in [0, 0.05) is 36.2 Å². The third-order valence-electron chi connectivity index (χ3n) is 4.45. The van der Waals surface area contributed by atoms with Gasteiger partial charge in [0.2, 0.25) is 5.91 Å². The molecule has 0 aliphatic heterocycles. The van der Waals surface area contributed by atoms with Gasteiger partial charge in [-0.2, -0.15) is 0 Å². The summed E-state index contributed by atoms with van der Waals surface area (Å²) in [5, 5.41) is -0.0552. The van der Waals surface area contributed by atoms with Gasteiger partial charge in [0.1, 0.15) is 6.10 Å². The van der Waals surface area contributed by atoms with Crippen molar-refractivity contribution in [1.29, 1.82) is 0 Å². The Morgan fingerprint density at radius 2 is 1.96 bits per heavy atom. The van der Waals surface area contributed by atoms with Crippen molar-refractivity contribution < 1.29 is 14.3 Å². The van der Waals surface area contributed by atoms with Crippen LogP contribution in [-0.4, -0.2) is 35.3 Å². The maximum absolute atomic E-state index is 12.8. The molecule has 6 heteroatoms. The molecule has 1 aromatic rings. The molecule has 1 saturated carbocycles. The Hall–Kier alpha value is -1.26. The van der Waals surface area contributed by atoms with Crippen molar-refractivity contribution in [3.05, 3.63) is 30.3 Å². The van der Waals surface area contributed by atoms with Gasteiger partial charge in [-0.1, -0.05) is 25.1 Å². The van der Waals surface area contributed by atoms with Gasteiger partial charge in [-0.15, -0.1) is 23.2 Å². The van der Waals surface area contributed by atoms with Gasteiger partial charge in [0.05, 0.1) is 6.04 Å². The molecule has 1 amide bonds. The molecule has 1 fully saturated rings. The highest BCUT2D eigenvalue weighted by molar-refractivity contribution is 6.20. The third kappa shape index (κ3) is 5.61. The first-order valence-corrected chi connectivity index (χ1v) is 9.80. The fraction of sp³-hybridized carbons (Fsp3) is 0.579. The summed E-state index contributed by atoms with van der Waals surface area (Å²) in [6.45, 7) is 1.76. The number of alkyl halides is 2. The predicted octanol–water partition coefficient (Wildman–Crippen LogP) is 4.52. The lowest BCUT2D eigenvalue weighted by molar-refractivity contribution is -0.150. The van der Waals surface area contributed by atoms with E-state index in [9.17, 15) is 9.59 Å². The second-order valence-corrected chi connectivity index (χ2v) is 7.25. The molecule has 0 heterocycles. The first-order valence-electron chi connectivity index (χ1n) is 8.83. The first kappa shape index (κ1) is 20.1. The number of hydrogen-bond acceptors (Lipinski definition) is 3. The largest absolute Gasteiger partial charge is 0.460 e. The second-order valence-electron chi connectivity index (χ2n) is 6.25. The predicted molar refractivity (Wildman–Crippen MR) is 101 cm³/mol. The number of hydrogen-bond donors (Lipinski definition) is 0. The number of esters is 1. The molecule has 1 aromatic carbocycles. The average molecular weight is 386 g/mol. The molecule has 0 N–H and O–H groups in total. The summed E-state index contributed by atoms with van der Waals surface area (Å²) in [7, 11) is 0. The van der Waals surface area contributed by atoms with E-state index in [2.05, 4.69) is 0 Å². The van der Waals surface area contributed by atoms with E-state index in [-0.39, 0.29) is 35.6 Å². The molecule has 0 bridgehead atoms. The van der Waals surface area contributed by atoms with Crippen molar-refractivity contribution in [2.45, 2.75) is 63.0 Å². The molecule has 2 rings (SSSR count). The third-order valence-corrected chi connectivity index (χ3v) is 5.03. The zero-order chi connectivity index (χ0) is 18.2. The van der Waals surface area contributed by atoms with E-state index in [4.69, 9.17) is 27.9 Å². The summed E-state index contributed by atoms with van der Waals surface area (Å²) in [4.78, 5) is 26.5. The number of halogens is 2. The van der Waals surface area contributed by atoms with Crippen molar-refractivity contribution in [3.8, 4) is 0 Å². The summed E-state index contributed by atoms with van der Waals surface area (Å²) in [6, 6.07) is 9.26. The van der Waals surface area contributed by atoms with Crippen LogP contribution in [0.25, 0.3) is 0 Å². The fourth-order valence-corrected chi connectivity index (χ4v) is 3.74. The maximum Gasteiger partial charge on any atom is 0.305 e. The van der Waals surface area contributed by atoms with Gasteiger partial charge >= 0.3 is 5.97 Å². The van der Waals surface area contributed by atoms with Crippen LogP contribution in [0.3, 0.4) is 0 Å². The minimum Gasteiger partial charge on any atom is -0.460 e. The second kappa shape index (κ2) is 10.0. The van der Waals surface area contributed by atoms with Gasteiger partial charge in [-0.25, -0.2) is 0 Å². The quantitative estimate of drug-likeness (QED) is 0.410. The highest BCUT2D eigenvalue weighted by Crippen LogP contribution is 2.31. The Kier molecular flexibility index (Phi) is 8.04. The van der Waals surface area contributed by atoms with Gasteiger partial charge in [0.25, 0.3) is 0 Å². The van der Waals surface area contributed by atoms with Crippen molar-refractivity contribution in [1.82, 2.24) is 0 Å². The molecule has 25 heavy (non-hydrogen) atoms. The van der Waals surface area contributed by atoms with Crippen LogP contribution in [0.2, 0.25) is 0 Å². The molecule has 0 spiro atoms. The standard InChI is InChI=1S/C19H25Cl2NO3/c1-2-19(24)25-17-13-14(21)7-6-10-16(17)22(18(23)11-12-20)15-8-4-3-5-9-15/h3-5,8-9,14,16-17H,2,6-7,10-13H2,1H3/t14?,16-,17-/m1/s1.